The minimum atomic E-state index is -3.11. The Kier molecular flexibility index (Phi) is 9.50. The van der Waals surface area contributed by atoms with E-state index in [0.717, 1.165) is 6.54 Å². The van der Waals surface area contributed by atoms with Crippen LogP contribution in [-0.4, -0.2) is 36.2 Å². The van der Waals surface area contributed by atoms with Gasteiger partial charge in [-0.15, -0.1) is 12.6 Å². The summed E-state index contributed by atoms with van der Waals surface area (Å²) in [6.07, 6.45) is 0. The smallest absolute Gasteiger partial charge is 0.299 e. The molecule has 80 valence electrons. The Bertz CT molecular complexity index is 192. The quantitative estimate of drug-likeness (QED) is 0.699. The molecule has 0 radical (unpaired) electrons. The molecule has 5 heteroatoms. The summed E-state index contributed by atoms with van der Waals surface area (Å²) in [6, 6.07) is 1.38. The summed E-state index contributed by atoms with van der Waals surface area (Å²) in [7, 11) is -3.11. The first-order valence-electron chi connectivity index (χ1n) is 4.35. The van der Waals surface area contributed by atoms with E-state index >= 15 is 0 Å². The molecule has 0 aromatic heterocycles. The highest BCUT2D eigenvalue weighted by atomic mass is 32.2. The zero-order chi connectivity index (χ0) is 11.0. The molecule has 0 aromatic carbocycles. The van der Waals surface area contributed by atoms with Crippen LogP contribution in [0.5, 0.6) is 0 Å². The van der Waals surface area contributed by atoms with Crippen molar-refractivity contribution in [3.8, 4) is 0 Å². The van der Waals surface area contributed by atoms with Gasteiger partial charge < -0.3 is 0 Å². The summed E-state index contributed by atoms with van der Waals surface area (Å²) in [6.45, 7) is 12.3. The van der Waals surface area contributed by atoms with E-state index in [0.29, 0.717) is 12.1 Å². The van der Waals surface area contributed by atoms with Gasteiger partial charge in [-0.05, 0) is 34.2 Å². The molecule has 0 saturated heterocycles. The van der Waals surface area contributed by atoms with E-state index in [1.807, 2.05) is 0 Å². The fourth-order valence-corrected chi connectivity index (χ4v) is 1.33. The van der Waals surface area contributed by atoms with Crippen molar-refractivity contribution in [1.82, 2.24) is 4.90 Å². The van der Waals surface area contributed by atoms with Crippen LogP contribution < -0.4 is 0 Å². The lowest BCUT2D eigenvalue weighted by Gasteiger charge is -2.28. The molecule has 0 aliphatic heterocycles. The van der Waals surface area contributed by atoms with Gasteiger partial charge in [0.1, 0.15) is 0 Å². The molecule has 0 saturated carbocycles. The second-order valence-corrected chi connectivity index (χ2v) is 3.63. The Morgan fingerprint density at radius 3 is 1.23 bits per heavy atom. The van der Waals surface area contributed by atoms with E-state index in [-0.39, 0.29) is 0 Å². The minimum Gasteiger partial charge on any atom is -0.299 e. The van der Waals surface area contributed by atoms with Gasteiger partial charge in [0.2, 0.25) is 0 Å². The third-order valence-electron chi connectivity index (χ3n) is 1.69. The second kappa shape index (κ2) is 8.19. The van der Waals surface area contributed by atoms with Crippen molar-refractivity contribution in [1.29, 1.82) is 0 Å². The van der Waals surface area contributed by atoms with E-state index in [9.17, 15) is 0 Å². The molecule has 4 nitrogen and oxygen atoms in total. The van der Waals surface area contributed by atoms with Crippen molar-refractivity contribution in [3.63, 3.8) is 0 Å². The summed E-state index contributed by atoms with van der Waals surface area (Å²) in [5, 5.41) is 0. The van der Waals surface area contributed by atoms with Gasteiger partial charge in [-0.25, -0.2) is 0 Å². The van der Waals surface area contributed by atoms with Crippen LogP contribution in [-0.2, 0) is 10.6 Å². The molecule has 0 aliphatic carbocycles. The molecular formula is C8H19NO3S. The maximum absolute atomic E-state index is 8.44. The van der Waals surface area contributed by atoms with E-state index in [2.05, 4.69) is 39.5 Å². The summed E-state index contributed by atoms with van der Waals surface area (Å²) in [5.41, 5.74) is 0. The Balaban J connectivity index is 0. The van der Waals surface area contributed by atoms with Crippen molar-refractivity contribution in [2.75, 3.05) is 6.54 Å². The van der Waals surface area contributed by atoms with Gasteiger partial charge in [0.05, 0.1) is 0 Å². The number of hydrogen-bond acceptors (Lipinski definition) is 4. The maximum atomic E-state index is 8.44. The maximum Gasteiger partial charge on any atom is 0.425 e. The molecule has 0 aliphatic rings. The molecule has 0 spiro atoms. The molecule has 0 amide bonds. The van der Waals surface area contributed by atoms with Crippen LogP contribution in [0.25, 0.3) is 0 Å². The third kappa shape index (κ3) is 11.6. The Morgan fingerprint density at radius 1 is 1.00 bits per heavy atom. The van der Waals surface area contributed by atoms with Crippen molar-refractivity contribution < 1.29 is 12.6 Å². The lowest BCUT2D eigenvalue weighted by Crippen LogP contribution is -2.36. The van der Waals surface area contributed by atoms with E-state index in [1.165, 1.54) is 0 Å². The Labute approximate surface area is 82.0 Å². The third-order valence-corrected chi connectivity index (χ3v) is 1.69. The average Bonchev–Trinajstić information content (AvgIpc) is 1.84. The van der Waals surface area contributed by atoms with Gasteiger partial charge in [-0.1, -0.05) is 6.92 Å². The van der Waals surface area contributed by atoms with Crippen molar-refractivity contribution in [3.05, 3.63) is 0 Å². The van der Waals surface area contributed by atoms with Crippen LogP contribution in [0.3, 0.4) is 0 Å². The van der Waals surface area contributed by atoms with Crippen molar-refractivity contribution in [2.45, 2.75) is 46.7 Å². The molecular weight excluding hydrogens is 190 g/mol. The molecule has 0 fully saturated rings. The molecule has 0 rings (SSSR count). The van der Waals surface area contributed by atoms with E-state index < -0.39 is 10.6 Å². The molecule has 0 aromatic rings. The van der Waals surface area contributed by atoms with Gasteiger partial charge in [0.25, 0.3) is 0 Å². The van der Waals surface area contributed by atoms with E-state index in [4.69, 9.17) is 12.6 Å². The zero-order valence-corrected chi connectivity index (χ0v) is 9.76. The second-order valence-electron chi connectivity index (χ2n) is 3.22. The Hall–Kier alpha value is -0.420. The monoisotopic (exact) mass is 209 g/mol. The predicted octanol–water partition coefficient (Wildman–Crippen LogP) is 1.12. The van der Waals surface area contributed by atoms with Gasteiger partial charge in [0.15, 0.2) is 0 Å². The van der Waals surface area contributed by atoms with Crippen molar-refractivity contribution >= 4 is 10.6 Å². The van der Waals surface area contributed by atoms with E-state index in [1.54, 1.807) is 0 Å². The number of rotatable bonds is 3. The first kappa shape index (κ1) is 15.1. The van der Waals surface area contributed by atoms with Crippen LogP contribution in [0.4, 0.5) is 0 Å². The Morgan fingerprint density at radius 2 is 1.23 bits per heavy atom. The van der Waals surface area contributed by atoms with Gasteiger partial charge in [-0.2, -0.15) is 0 Å². The molecule has 0 bridgehead atoms. The molecule has 13 heavy (non-hydrogen) atoms. The molecule has 0 heterocycles. The molecule has 0 unspecified atom stereocenters. The number of nitrogens with zero attached hydrogens (tertiary/aromatic N) is 1. The standard InChI is InChI=1S/C8H19N.O3S/c1-6-9(7(2)3)8(4)5;1-4(2)3/h7-8H,6H2,1-5H3;. The zero-order valence-electron chi connectivity index (χ0n) is 8.94. The highest BCUT2D eigenvalue weighted by Crippen LogP contribution is 2.02. The van der Waals surface area contributed by atoms with Crippen LogP contribution in [0.15, 0.2) is 0 Å². The minimum absolute atomic E-state index is 0.690. The largest absolute Gasteiger partial charge is 0.425 e. The van der Waals surface area contributed by atoms with Crippen LogP contribution in [0.2, 0.25) is 0 Å². The fraction of sp³-hybridized carbons (Fsp3) is 1.00. The topological polar surface area (TPSA) is 54.5 Å². The highest BCUT2D eigenvalue weighted by molar-refractivity contribution is 7.59. The summed E-state index contributed by atoms with van der Waals surface area (Å²) in [5.74, 6) is 0. The van der Waals surface area contributed by atoms with Gasteiger partial charge >= 0.3 is 10.6 Å². The summed E-state index contributed by atoms with van der Waals surface area (Å²) < 4.78 is 25.3. The lowest BCUT2D eigenvalue weighted by molar-refractivity contribution is 0.185. The van der Waals surface area contributed by atoms with Crippen LogP contribution in [0.1, 0.15) is 34.6 Å². The number of hydrogen-bond donors (Lipinski definition) is 0. The first-order valence-corrected chi connectivity index (χ1v) is 5.35. The van der Waals surface area contributed by atoms with Crippen LogP contribution in [0, 0.1) is 0 Å². The predicted molar refractivity (Wildman–Crippen MR) is 52.3 cm³/mol. The van der Waals surface area contributed by atoms with Gasteiger partial charge in [0, 0.05) is 12.1 Å². The normalized spacial score (nSPS) is 10.2. The first-order chi connectivity index (χ1) is 5.82. The SMILES string of the molecule is CCN(C(C)C)C(C)C.O=S(=O)=O. The summed E-state index contributed by atoms with van der Waals surface area (Å²) in [4.78, 5) is 2.46. The lowest BCUT2D eigenvalue weighted by atomic mass is 10.2. The molecule has 0 N–H and O–H groups in total. The highest BCUT2D eigenvalue weighted by Gasteiger charge is 2.08. The average molecular weight is 209 g/mol. The van der Waals surface area contributed by atoms with Crippen LogP contribution >= 0.6 is 0 Å². The van der Waals surface area contributed by atoms with Gasteiger partial charge in [-0.3, -0.25) is 4.90 Å². The van der Waals surface area contributed by atoms with Crippen molar-refractivity contribution in [2.24, 2.45) is 0 Å². The summed E-state index contributed by atoms with van der Waals surface area (Å²) >= 11 is 0. The fourth-order valence-electron chi connectivity index (χ4n) is 1.33. The molecule has 0 atom stereocenters.